The molecule has 2 amide bonds. The summed E-state index contributed by atoms with van der Waals surface area (Å²) in [4.78, 5) is 36.3. The second-order valence-electron chi connectivity index (χ2n) is 11.3. The van der Waals surface area contributed by atoms with Gasteiger partial charge in [-0.1, -0.05) is 24.3 Å². The van der Waals surface area contributed by atoms with Gasteiger partial charge in [0.15, 0.2) is 5.82 Å². The number of benzene rings is 2. The molecular weight excluding hydrogens is 556 g/mol. The fraction of sp³-hybridized carbons (Fsp3) is 0.333. The topological polar surface area (TPSA) is 99.2 Å². The summed E-state index contributed by atoms with van der Waals surface area (Å²) in [6, 6.07) is 15.4. The number of fused-ring (bicyclic) bond motifs is 1. The van der Waals surface area contributed by atoms with Gasteiger partial charge < -0.3 is 19.7 Å². The molecule has 1 saturated heterocycles. The Bertz CT molecular complexity index is 1630. The molecule has 0 atom stereocenters. The van der Waals surface area contributed by atoms with E-state index in [9.17, 15) is 4.79 Å². The van der Waals surface area contributed by atoms with E-state index in [1.54, 1.807) is 43.6 Å². The van der Waals surface area contributed by atoms with Gasteiger partial charge in [-0.25, -0.2) is 19.7 Å². The zero-order valence-electron chi connectivity index (χ0n) is 25.9. The van der Waals surface area contributed by atoms with Crippen LogP contribution >= 0.6 is 0 Å². The van der Waals surface area contributed by atoms with Gasteiger partial charge >= 0.3 is 6.03 Å². The fourth-order valence-corrected chi connectivity index (χ4v) is 5.77. The predicted octanol–water partition coefficient (Wildman–Crippen LogP) is 5.27. The Kier molecular flexibility index (Phi) is 8.32. The predicted molar refractivity (Wildman–Crippen MR) is 172 cm³/mol. The van der Waals surface area contributed by atoms with Crippen molar-refractivity contribution in [3.05, 3.63) is 83.2 Å². The van der Waals surface area contributed by atoms with Crippen LogP contribution in [0.4, 0.5) is 33.8 Å². The number of carbonyl (C=O) groups excluding carboxylic acids is 1. The molecule has 0 saturated carbocycles. The van der Waals surface area contributed by atoms with E-state index in [4.69, 9.17) is 14.5 Å². The van der Waals surface area contributed by atoms with Gasteiger partial charge in [0.05, 0.1) is 38.3 Å². The van der Waals surface area contributed by atoms with Crippen LogP contribution < -0.4 is 24.6 Å². The maximum Gasteiger partial charge on any atom is 0.336 e. The molecule has 4 aromatic rings. The van der Waals surface area contributed by atoms with Crippen LogP contribution in [0.5, 0.6) is 11.5 Å². The van der Waals surface area contributed by atoms with Gasteiger partial charge in [0.2, 0.25) is 5.95 Å². The lowest BCUT2D eigenvalue weighted by molar-refractivity contribution is 0.148. The Hall–Kier alpha value is -4.74. The van der Waals surface area contributed by atoms with Gasteiger partial charge in [0.1, 0.15) is 17.3 Å². The Morgan fingerprint density at radius 2 is 1.68 bits per heavy atom. The maximum absolute atomic E-state index is 14.2. The maximum atomic E-state index is 14.2. The number of rotatable bonds is 8. The van der Waals surface area contributed by atoms with Crippen LogP contribution in [0.3, 0.4) is 0 Å². The molecule has 2 aromatic heterocycles. The number of amides is 2. The molecular formula is C33H38N8O3. The zero-order chi connectivity index (χ0) is 30.8. The van der Waals surface area contributed by atoms with Crippen molar-refractivity contribution in [1.29, 1.82) is 0 Å². The average Bonchev–Trinajstić information content (AvgIpc) is 3.03. The monoisotopic (exact) mass is 594 g/mol. The Morgan fingerprint density at radius 3 is 2.36 bits per heavy atom. The van der Waals surface area contributed by atoms with E-state index in [0.717, 1.165) is 60.8 Å². The van der Waals surface area contributed by atoms with Crippen LogP contribution in [-0.2, 0) is 13.1 Å². The van der Waals surface area contributed by atoms with E-state index in [2.05, 4.69) is 44.3 Å². The van der Waals surface area contributed by atoms with Gasteiger partial charge in [-0.15, -0.1) is 0 Å². The summed E-state index contributed by atoms with van der Waals surface area (Å²) in [5.74, 6) is 2.55. The lowest BCUT2D eigenvalue weighted by atomic mass is 10.1. The SMILES string of the molecule is COc1ccc(N2C(=O)N(c3c(C)cccc3C)Cc3cnc(Nc4ccc(CN5CCN(C)CC5)cc4OC)nc32)nc1. The van der Waals surface area contributed by atoms with Crippen LogP contribution in [0, 0.1) is 13.8 Å². The average molecular weight is 595 g/mol. The quantitative estimate of drug-likeness (QED) is 0.292. The van der Waals surface area contributed by atoms with Crippen LogP contribution in [0.1, 0.15) is 22.3 Å². The van der Waals surface area contributed by atoms with Gasteiger partial charge in [0.25, 0.3) is 0 Å². The second-order valence-corrected chi connectivity index (χ2v) is 11.3. The van der Waals surface area contributed by atoms with Gasteiger partial charge in [-0.3, -0.25) is 9.80 Å². The summed E-state index contributed by atoms with van der Waals surface area (Å²) in [5.41, 5.74) is 5.59. The number of ether oxygens (including phenoxy) is 2. The van der Waals surface area contributed by atoms with Crippen LogP contribution in [0.25, 0.3) is 0 Å². The fourth-order valence-electron chi connectivity index (χ4n) is 5.77. The molecule has 2 aliphatic heterocycles. The molecule has 0 aliphatic carbocycles. The molecule has 0 unspecified atom stereocenters. The summed E-state index contributed by atoms with van der Waals surface area (Å²) in [5, 5.41) is 3.32. The summed E-state index contributed by atoms with van der Waals surface area (Å²) >= 11 is 0. The first kappa shape index (κ1) is 29.3. The molecule has 0 radical (unpaired) electrons. The number of para-hydroxylation sites is 1. The number of piperazine rings is 1. The summed E-state index contributed by atoms with van der Waals surface area (Å²) in [7, 11) is 5.40. The summed E-state index contributed by atoms with van der Waals surface area (Å²) in [6.07, 6.45) is 3.36. The highest BCUT2D eigenvalue weighted by atomic mass is 16.5. The van der Waals surface area contributed by atoms with Crippen molar-refractivity contribution in [2.24, 2.45) is 0 Å². The summed E-state index contributed by atoms with van der Waals surface area (Å²) in [6.45, 7) is 9.44. The van der Waals surface area contributed by atoms with E-state index in [-0.39, 0.29) is 6.03 Å². The van der Waals surface area contributed by atoms with Crippen LogP contribution in [-0.4, -0.2) is 78.2 Å². The molecule has 11 nitrogen and oxygen atoms in total. The number of aromatic nitrogens is 3. The van der Waals surface area contributed by atoms with Crippen LogP contribution in [0.15, 0.2) is 60.9 Å². The number of anilines is 5. The first-order valence-corrected chi connectivity index (χ1v) is 14.7. The minimum atomic E-state index is -0.247. The first-order chi connectivity index (χ1) is 21.3. The number of nitrogens with one attached hydrogen (secondary N) is 1. The molecule has 11 heteroatoms. The third-order valence-corrected chi connectivity index (χ3v) is 8.21. The number of hydrogen-bond acceptors (Lipinski definition) is 9. The molecule has 228 valence electrons. The first-order valence-electron chi connectivity index (χ1n) is 14.7. The molecule has 0 bridgehead atoms. The Balaban J connectivity index is 1.32. The summed E-state index contributed by atoms with van der Waals surface area (Å²) < 4.78 is 11.1. The molecule has 1 N–H and O–H groups in total. The molecule has 4 heterocycles. The number of methoxy groups -OCH3 is 2. The highest BCUT2D eigenvalue weighted by molar-refractivity contribution is 6.10. The number of likely N-dealkylation sites (N-methyl/N-ethyl adjacent to an activating group) is 1. The van der Waals surface area contributed by atoms with E-state index >= 15 is 0 Å². The molecule has 2 aliphatic rings. The minimum absolute atomic E-state index is 0.247. The van der Waals surface area contributed by atoms with Crippen LogP contribution in [0.2, 0.25) is 0 Å². The van der Waals surface area contributed by atoms with Crippen molar-refractivity contribution in [2.75, 3.05) is 62.6 Å². The number of nitrogens with zero attached hydrogens (tertiary/aromatic N) is 7. The van der Waals surface area contributed by atoms with Crippen molar-refractivity contribution >= 4 is 35.0 Å². The number of carbonyl (C=O) groups is 1. The highest BCUT2D eigenvalue weighted by Crippen LogP contribution is 2.38. The lowest BCUT2D eigenvalue weighted by Gasteiger charge is -2.36. The molecule has 2 aromatic carbocycles. The zero-order valence-corrected chi connectivity index (χ0v) is 25.9. The number of urea groups is 1. The standard InChI is InChI=1S/C33H38N8O3/c1-22-7-6-8-23(2)30(22)40-21-25-18-35-32(37-31(25)41(33(40)42)29-12-10-26(43-4)19-34-29)36-27-11-9-24(17-28(27)44-5)20-39-15-13-38(3)14-16-39/h6-12,17-19H,13-16,20-21H2,1-5H3,(H,35,36,37). The van der Waals surface area contributed by atoms with E-state index in [1.165, 1.54) is 10.5 Å². The largest absolute Gasteiger partial charge is 0.495 e. The van der Waals surface area contributed by atoms with Gasteiger partial charge in [-0.2, -0.15) is 4.98 Å². The third kappa shape index (κ3) is 5.88. The van der Waals surface area contributed by atoms with Crippen molar-refractivity contribution in [2.45, 2.75) is 26.9 Å². The van der Waals surface area contributed by atoms with Gasteiger partial charge in [-0.05, 0) is 61.9 Å². The number of pyridine rings is 1. The second kappa shape index (κ2) is 12.5. The Labute approximate surface area is 258 Å². The molecule has 44 heavy (non-hydrogen) atoms. The smallest absolute Gasteiger partial charge is 0.336 e. The third-order valence-electron chi connectivity index (χ3n) is 8.21. The van der Waals surface area contributed by atoms with E-state index < -0.39 is 0 Å². The molecule has 0 spiro atoms. The van der Waals surface area contributed by atoms with Crippen molar-refractivity contribution in [3.63, 3.8) is 0 Å². The Morgan fingerprint density at radius 1 is 0.909 bits per heavy atom. The van der Waals surface area contributed by atoms with Crippen molar-refractivity contribution < 1.29 is 14.3 Å². The number of aryl methyl sites for hydroxylation is 2. The minimum Gasteiger partial charge on any atom is -0.495 e. The highest BCUT2D eigenvalue weighted by Gasteiger charge is 2.36. The molecule has 1 fully saturated rings. The molecule has 6 rings (SSSR count). The van der Waals surface area contributed by atoms with Crippen molar-refractivity contribution in [3.8, 4) is 11.5 Å². The lowest BCUT2D eigenvalue weighted by Crippen LogP contribution is -2.46. The number of hydrogen-bond donors (Lipinski definition) is 1. The normalized spacial score (nSPS) is 15.7. The van der Waals surface area contributed by atoms with E-state index in [1.807, 2.05) is 38.1 Å². The van der Waals surface area contributed by atoms with Gasteiger partial charge in [0, 0.05) is 44.5 Å². The van der Waals surface area contributed by atoms with E-state index in [0.29, 0.717) is 35.6 Å². The van der Waals surface area contributed by atoms with Crippen molar-refractivity contribution in [1.82, 2.24) is 24.8 Å².